The van der Waals surface area contributed by atoms with Gasteiger partial charge in [0.15, 0.2) is 0 Å². The van der Waals surface area contributed by atoms with Gasteiger partial charge in [-0.15, -0.1) is 0 Å². The fourth-order valence-corrected chi connectivity index (χ4v) is 2.96. The number of carbonyl (C=O) groups is 2. The summed E-state index contributed by atoms with van der Waals surface area (Å²) in [5, 5.41) is 24.0. The number of nitrogens with zero attached hydrogens (tertiary/aromatic N) is 2. The van der Waals surface area contributed by atoms with E-state index in [1.54, 1.807) is 0 Å². The van der Waals surface area contributed by atoms with Crippen molar-refractivity contribution in [1.82, 2.24) is 0 Å². The second-order valence-corrected chi connectivity index (χ2v) is 6.24. The summed E-state index contributed by atoms with van der Waals surface area (Å²) in [7, 11) is 1.21. The predicted molar refractivity (Wildman–Crippen MR) is 104 cm³/mol. The van der Waals surface area contributed by atoms with Gasteiger partial charge in [0.2, 0.25) is 0 Å². The highest BCUT2D eigenvalue weighted by Crippen LogP contribution is 2.31. The van der Waals surface area contributed by atoms with Crippen LogP contribution in [0.5, 0.6) is 5.75 Å². The van der Waals surface area contributed by atoms with Gasteiger partial charge in [-0.3, -0.25) is 14.9 Å². The fraction of sp³-hybridized carbons (Fsp3) is 0.263. The third-order valence-electron chi connectivity index (χ3n) is 4.45. The molecule has 1 fully saturated rings. The predicted octanol–water partition coefficient (Wildman–Crippen LogP) is 2.18. The standard InChI is InChI=1S/C19H19N3O7/c1-28-19(25)13-2-4-14(17(23)11-13)20-18(24)12-3-5-15(16(10-12)22(26)27)21-6-8-29-9-7-21/h2-5,10-11,23H,6-9H2,1H3,(H,20,24). The maximum Gasteiger partial charge on any atom is 0.337 e. The highest BCUT2D eigenvalue weighted by molar-refractivity contribution is 6.06. The molecule has 1 heterocycles. The summed E-state index contributed by atoms with van der Waals surface area (Å²) in [6.07, 6.45) is 0. The van der Waals surface area contributed by atoms with E-state index in [9.17, 15) is 24.8 Å². The number of nitro groups is 1. The van der Waals surface area contributed by atoms with Crippen LogP contribution in [0.3, 0.4) is 0 Å². The first-order valence-electron chi connectivity index (χ1n) is 8.74. The summed E-state index contributed by atoms with van der Waals surface area (Å²) in [6, 6.07) is 8.08. The number of hydrogen-bond acceptors (Lipinski definition) is 8. The lowest BCUT2D eigenvalue weighted by molar-refractivity contribution is -0.384. The number of carbonyl (C=O) groups excluding carboxylic acids is 2. The molecule has 10 nitrogen and oxygen atoms in total. The molecule has 2 N–H and O–H groups in total. The van der Waals surface area contributed by atoms with Gasteiger partial charge < -0.3 is 24.8 Å². The molecule has 2 aromatic rings. The first kappa shape index (κ1) is 20.1. The SMILES string of the molecule is COC(=O)c1ccc(NC(=O)c2ccc(N3CCOCC3)c([N+](=O)[O-])c2)c(O)c1. The van der Waals surface area contributed by atoms with Crippen LogP contribution in [0.25, 0.3) is 0 Å². The number of ether oxygens (including phenoxy) is 2. The van der Waals surface area contributed by atoms with E-state index in [4.69, 9.17) is 4.74 Å². The van der Waals surface area contributed by atoms with Crippen LogP contribution in [-0.4, -0.2) is 55.3 Å². The molecule has 10 heteroatoms. The van der Waals surface area contributed by atoms with Crippen molar-refractivity contribution in [3.05, 3.63) is 57.6 Å². The molecule has 1 aliphatic rings. The second-order valence-electron chi connectivity index (χ2n) is 6.24. The van der Waals surface area contributed by atoms with E-state index in [2.05, 4.69) is 10.1 Å². The maximum absolute atomic E-state index is 12.5. The van der Waals surface area contributed by atoms with Crippen molar-refractivity contribution < 1.29 is 29.1 Å². The Morgan fingerprint density at radius 3 is 2.48 bits per heavy atom. The number of aromatic hydroxyl groups is 1. The zero-order chi connectivity index (χ0) is 21.0. The van der Waals surface area contributed by atoms with Gasteiger partial charge in [0.05, 0.1) is 36.5 Å². The number of nitro benzene ring substituents is 1. The highest BCUT2D eigenvalue weighted by atomic mass is 16.6. The molecule has 29 heavy (non-hydrogen) atoms. The van der Waals surface area contributed by atoms with Crippen LogP contribution in [0.4, 0.5) is 17.1 Å². The number of methoxy groups -OCH3 is 1. The van der Waals surface area contributed by atoms with Crippen LogP contribution in [0.15, 0.2) is 36.4 Å². The van der Waals surface area contributed by atoms with Crippen molar-refractivity contribution in [2.45, 2.75) is 0 Å². The maximum atomic E-state index is 12.5. The molecular formula is C19H19N3O7. The van der Waals surface area contributed by atoms with E-state index in [1.165, 1.54) is 37.4 Å². The topological polar surface area (TPSA) is 131 Å². The largest absolute Gasteiger partial charge is 0.506 e. The van der Waals surface area contributed by atoms with Crippen LogP contribution in [-0.2, 0) is 9.47 Å². The first-order valence-corrected chi connectivity index (χ1v) is 8.74. The van der Waals surface area contributed by atoms with Gasteiger partial charge in [0.25, 0.3) is 11.6 Å². The lowest BCUT2D eigenvalue weighted by Crippen LogP contribution is -2.36. The summed E-state index contributed by atoms with van der Waals surface area (Å²) in [5.74, 6) is -1.60. The van der Waals surface area contributed by atoms with E-state index in [0.29, 0.717) is 32.0 Å². The Hall–Kier alpha value is -3.66. The van der Waals surface area contributed by atoms with Crippen LogP contribution in [0.1, 0.15) is 20.7 Å². The lowest BCUT2D eigenvalue weighted by Gasteiger charge is -2.28. The molecule has 0 unspecified atom stereocenters. The van der Waals surface area contributed by atoms with Gasteiger partial charge >= 0.3 is 5.97 Å². The first-order chi connectivity index (χ1) is 13.9. The number of nitrogens with one attached hydrogen (secondary N) is 1. The van der Waals surface area contributed by atoms with E-state index < -0.39 is 16.8 Å². The smallest absolute Gasteiger partial charge is 0.337 e. The van der Waals surface area contributed by atoms with Crippen LogP contribution in [0.2, 0.25) is 0 Å². The summed E-state index contributed by atoms with van der Waals surface area (Å²) in [4.78, 5) is 36.8. The Kier molecular flexibility index (Phi) is 5.93. The van der Waals surface area contributed by atoms with Crippen molar-refractivity contribution in [3.8, 4) is 5.75 Å². The summed E-state index contributed by atoms with van der Waals surface area (Å²) < 4.78 is 9.83. The summed E-state index contributed by atoms with van der Waals surface area (Å²) in [6.45, 7) is 1.99. The Labute approximate surface area is 165 Å². The highest BCUT2D eigenvalue weighted by Gasteiger charge is 2.23. The molecule has 2 aromatic carbocycles. The van der Waals surface area contributed by atoms with Gasteiger partial charge in [0, 0.05) is 24.7 Å². The molecule has 0 radical (unpaired) electrons. The number of phenols is 1. The average molecular weight is 401 g/mol. The molecule has 152 valence electrons. The molecule has 0 saturated carbocycles. The zero-order valence-corrected chi connectivity index (χ0v) is 15.6. The number of benzene rings is 2. The number of rotatable bonds is 5. The summed E-state index contributed by atoms with van der Waals surface area (Å²) >= 11 is 0. The average Bonchev–Trinajstić information content (AvgIpc) is 2.74. The van der Waals surface area contributed by atoms with Crippen molar-refractivity contribution in [2.75, 3.05) is 43.6 Å². The van der Waals surface area contributed by atoms with E-state index in [1.807, 2.05) is 4.90 Å². The van der Waals surface area contributed by atoms with E-state index in [-0.39, 0.29) is 28.3 Å². The Balaban J connectivity index is 1.83. The second kappa shape index (κ2) is 8.57. The van der Waals surface area contributed by atoms with Crippen LogP contribution in [0, 0.1) is 10.1 Å². The molecule has 0 aromatic heterocycles. The third kappa shape index (κ3) is 4.43. The minimum atomic E-state index is -0.636. The fourth-order valence-electron chi connectivity index (χ4n) is 2.96. The van der Waals surface area contributed by atoms with Gasteiger partial charge in [-0.1, -0.05) is 0 Å². The van der Waals surface area contributed by atoms with Gasteiger partial charge in [0.1, 0.15) is 11.4 Å². The van der Waals surface area contributed by atoms with Crippen molar-refractivity contribution in [2.24, 2.45) is 0 Å². The molecule has 0 bridgehead atoms. The monoisotopic (exact) mass is 401 g/mol. The Bertz CT molecular complexity index is 955. The molecular weight excluding hydrogens is 382 g/mol. The number of phenolic OH excluding ortho intramolecular Hbond substituents is 1. The molecule has 0 spiro atoms. The summed E-state index contributed by atoms with van der Waals surface area (Å²) in [5.41, 5.74) is 0.464. The third-order valence-corrected chi connectivity index (χ3v) is 4.45. The molecule has 3 rings (SSSR count). The van der Waals surface area contributed by atoms with E-state index >= 15 is 0 Å². The van der Waals surface area contributed by atoms with Gasteiger partial charge in [-0.2, -0.15) is 0 Å². The number of hydrogen-bond donors (Lipinski definition) is 2. The lowest BCUT2D eigenvalue weighted by atomic mass is 10.1. The van der Waals surface area contributed by atoms with Crippen LogP contribution < -0.4 is 10.2 Å². The van der Waals surface area contributed by atoms with Crippen molar-refractivity contribution in [3.63, 3.8) is 0 Å². The van der Waals surface area contributed by atoms with Crippen molar-refractivity contribution in [1.29, 1.82) is 0 Å². The van der Waals surface area contributed by atoms with Crippen LogP contribution >= 0.6 is 0 Å². The normalized spacial score (nSPS) is 13.6. The number of morpholine rings is 1. The van der Waals surface area contributed by atoms with Crippen molar-refractivity contribution >= 4 is 28.9 Å². The number of anilines is 2. The molecule has 1 saturated heterocycles. The van der Waals surface area contributed by atoms with E-state index in [0.717, 1.165) is 6.07 Å². The molecule has 0 aliphatic carbocycles. The molecule has 1 amide bonds. The minimum absolute atomic E-state index is 0.0579. The van der Waals surface area contributed by atoms with Gasteiger partial charge in [-0.05, 0) is 30.3 Å². The Morgan fingerprint density at radius 2 is 1.86 bits per heavy atom. The minimum Gasteiger partial charge on any atom is -0.506 e. The zero-order valence-electron chi connectivity index (χ0n) is 15.6. The molecule has 0 atom stereocenters. The van der Waals surface area contributed by atoms with Gasteiger partial charge in [-0.25, -0.2) is 4.79 Å². The molecule has 1 aliphatic heterocycles. The quantitative estimate of drug-likeness (QED) is 0.337. The number of amides is 1. The Morgan fingerprint density at radius 1 is 1.17 bits per heavy atom. The number of esters is 1.